The molecule has 0 spiro atoms. The average molecular weight is 480 g/mol. The van der Waals surface area contributed by atoms with E-state index < -0.39 is 0 Å². The molecule has 4 aromatic heterocycles. The normalized spacial score (nSPS) is 15.1. The number of aromatic nitrogens is 5. The van der Waals surface area contributed by atoms with E-state index in [2.05, 4.69) is 31.9 Å². The zero-order valence-corrected chi connectivity index (χ0v) is 20.4. The highest BCUT2D eigenvalue weighted by Crippen LogP contribution is 2.33. The number of fused-ring (bicyclic) bond motifs is 1. The number of pyridine rings is 1. The van der Waals surface area contributed by atoms with Gasteiger partial charge in [-0.3, -0.25) is 9.48 Å². The third kappa shape index (κ3) is 4.40. The van der Waals surface area contributed by atoms with E-state index in [0.717, 1.165) is 69.7 Å². The van der Waals surface area contributed by atoms with Crippen LogP contribution in [0.1, 0.15) is 41.4 Å². The van der Waals surface area contributed by atoms with Gasteiger partial charge in [-0.1, -0.05) is 0 Å². The maximum Gasteiger partial charge on any atom is 0.246 e. The van der Waals surface area contributed by atoms with E-state index in [1.165, 1.54) is 11.5 Å². The number of hydrogen-bond donors (Lipinski definition) is 1. The van der Waals surface area contributed by atoms with E-state index in [1.54, 1.807) is 23.6 Å². The molecule has 0 atom stereocenters. The third-order valence-electron chi connectivity index (χ3n) is 6.20. The van der Waals surface area contributed by atoms with E-state index in [-0.39, 0.29) is 5.91 Å². The van der Waals surface area contributed by atoms with Gasteiger partial charge in [0.25, 0.3) is 0 Å². The lowest BCUT2D eigenvalue weighted by atomic mass is 9.93. The summed E-state index contributed by atoms with van der Waals surface area (Å²) < 4.78 is 6.36. The summed E-state index contributed by atoms with van der Waals surface area (Å²) >= 11 is 2.94. The van der Waals surface area contributed by atoms with Crippen molar-refractivity contribution in [1.29, 1.82) is 0 Å². The molecule has 170 valence electrons. The fourth-order valence-corrected chi connectivity index (χ4v) is 5.49. The zero-order valence-electron chi connectivity index (χ0n) is 18.8. The quantitative estimate of drug-likeness (QED) is 0.419. The first-order valence-electron chi connectivity index (χ1n) is 10.9. The fourth-order valence-electron chi connectivity index (χ4n) is 4.23. The molecule has 1 amide bonds. The highest BCUT2D eigenvalue weighted by molar-refractivity contribution is 7.14. The number of nitrogens with zero attached hydrogens (tertiary/aromatic N) is 6. The van der Waals surface area contributed by atoms with Crippen LogP contribution in [0.25, 0.3) is 16.3 Å². The first kappa shape index (κ1) is 21.7. The first-order chi connectivity index (χ1) is 16.0. The van der Waals surface area contributed by atoms with Gasteiger partial charge in [0.2, 0.25) is 5.91 Å². The van der Waals surface area contributed by atoms with E-state index in [4.69, 9.17) is 4.98 Å². The second-order valence-electron chi connectivity index (χ2n) is 8.22. The van der Waals surface area contributed by atoms with Gasteiger partial charge < -0.3 is 10.2 Å². The van der Waals surface area contributed by atoms with Gasteiger partial charge in [0, 0.05) is 60.7 Å². The first-order valence-corrected chi connectivity index (χ1v) is 12.5. The van der Waals surface area contributed by atoms with Crippen molar-refractivity contribution in [2.45, 2.75) is 32.6 Å². The lowest BCUT2D eigenvalue weighted by Gasteiger charge is -2.31. The van der Waals surface area contributed by atoms with Crippen molar-refractivity contribution in [3.05, 3.63) is 52.4 Å². The van der Waals surface area contributed by atoms with E-state index in [0.29, 0.717) is 5.92 Å². The van der Waals surface area contributed by atoms with Crippen LogP contribution in [-0.2, 0) is 11.8 Å². The zero-order chi connectivity index (χ0) is 22.9. The number of thiazole rings is 1. The van der Waals surface area contributed by atoms with Gasteiger partial charge in [-0.05, 0) is 56.4 Å². The monoisotopic (exact) mass is 479 g/mol. The number of aryl methyl sites for hydroxylation is 2. The molecule has 10 heteroatoms. The van der Waals surface area contributed by atoms with Gasteiger partial charge in [-0.15, -0.1) is 11.3 Å². The SMILES string of the molecule is Cc1nn(C)c(C)c1/C=C/C(=O)N1CCC(c2ccc3c(Nc4nccs4)nsc3n2)CC1. The molecule has 0 bridgehead atoms. The predicted molar refractivity (Wildman–Crippen MR) is 133 cm³/mol. The summed E-state index contributed by atoms with van der Waals surface area (Å²) in [4.78, 5) is 24.7. The fraction of sp³-hybridized carbons (Fsp3) is 0.348. The highest BCUT2D eigenvalue weighted by atomic mass is 32.1. The number of carbonyl (C=O) groups is 1. The summed E-state index contributed by atoms with van der Waals surface area (Å²) in [6.45, 7) is 5.45. The average Bonchev–Trinajstić information content (AvgIpc) is 3.54. The number of nitrogens with one attached hydrogen (secondary N) is 1. The molecular weight excluding hydrogens is 454 g/mol. The molecule has 5 heterocycles. The largest absolute Gasteiger partial charge is 0.339 e. The van der Waals surface area contributed by atoms with E-state index in [9.17, 15) is 4.79 Å². The minimum Gasteiger partial charge on any atom is -0.339 e. The summed E-state index contributed by atoms with van der Waals surface area (Å²) in [5, 5.41) is 11.4. The highest BCUT2D eigenvalue weighted by Gasteiger charge is 2.24. The van der Waals surface area contributed by atoms with Crippen LogP contribution in [0.5, 0.6) is 0 Å². The number of amides is 1. The molecule has 5 rings (SSSR count). The van der Waals surface area contributed by atoms with Crippen molar-refractivity contribution < 1.29 is 4.79 Å². The summed E-state index contributed by atoms with van der Waals surface area (Å²) in [5.41, 5.74) is 4.10. The number of rotatable bonds is 5. The van der Waals surface area contributed by atoms with Crippen LogP contribution in [0, 0.1) is 13.8 Å². The van der Waals surface area contributed by atoms with Gasteiger partial charge in [-0.25, -0.2) is 9.97 Å². The number of piperidine rings is 1. The third-order valence-corrected chi connectivity index (χ3v) is 7.65. The Bertz CT molecular complexity index is 1310. The van der Waals surface area contributed by atoms with Gasteiger partial charge in [-0.2, -0.15) is 9.47 Å². The maximum atomic E-state index is 12.7. The minimum absolute atomic E-state index is 0.0554. The Morgan fingerprint density at radius 1 is 1.24 bits per heavy atom. The smallest absolute Gasteiger partial charge is 0.246 e. The van der Waals surface area contributed by atoms with Crippen molar-refractivity contribution >= 4 is 56.0 Å². The van der Waals surface area contributed by atoms with Crippen LogP contribution in [0.15, 0.2) is 29.8 Å². The summed E-state index contributed by atoms with van der Waals surface area (Å²) in [6, 6.07) is 4.19. The Balaban J connectivity index is 1.22. The van der Waals surface area contributed by atoms with Gasteiger partial charge in [0.05, 0.1) is 11.1 Å². The van der Waals surface area contributed by atoms with Crippen molar-refractivity contribution in [2.75, 3.05) is 18.4 Å². The van der Waals surface area contributed by atoms with Crippen LogP contribution in [0.4, 0.5) is 10.9 Å². The molecule has 1 fully saturated rings. The molecule has 8 nitrogen and oxygen atoms in total. The molecule has 1 aliphatic rings. The molecule has 0 radical (unpaired) electrons. The molecule has 0 aromatic carbocycles. The lowest BCUT2D eigenvalue weighted by molar-refractivity contribution is -0.126. The topological polar surface area (TPSA) is 88.8 Å². The number of likely N-dealkylation sites (tertiary alicyclic amines) is 1. The Hall–Kier alpha value is -3.11. The van der Waals surface area contributed by atoms with E-state index in [1.807, 2.05) is 41.9 Å². The van der Waals surface area contributed by atoms with Crippen LogP contribution < -0.4 is 5.32 Å². The van der Waals surface area contributed by atoms with Gasteiger partial charge >= 0.3 is 0 Å². The van der Waals surface area contributed by atoms with Crippen LogP contribution in [0.2, 0.25) is 0 Å². The standard InChI is InChI=1S/C23H25N7OS2/c1-14-17(15(2)29(3)27-14)5-7-20(31)30-11-8-16(9-12-30)19-6-4-18-21(28-33-22(18)25-19)26-23-24-10-13-32-23/h4-7,10,13,16H,8-9,11-12H2,1-3H3,(H,24,26,28)/b7-5+. The Labute approximate surface area is 200 Å². The second kappa shape index (κ2) is 9.03. The van der Waals surface area contributed by atoms with Crippen molar-refractivity contribution in [3.63, 3.8) is 0 Å². The summed E-state index contributed by atoms with van der Waals surface area (Å²) in [7, 11) is 1.92. The Morgan fingerprint density at radius 2 is 2.06 bits per heavy atom. The Morgan fingerprint density at radius 3 is 2.76 bits per heavy atom. The minimum atomic E-state index is 0.0554. The summed E-state index contributed by atoms with van der Waals surface area (Å²) in [6.07, 6.45) is 7.16. The maximum absolute atomic E-state index is 12.7. The number of anilines is 2. The molecule has 1 saturated heterocycles. The molecule has 33 heavy (non-hydrogen) atoms. The van der Waals surface area contributed by atoms with Crippen molar-refractivity contribution in [2.24, 2.45) is 7.05 Å². The van der Waals surface area contributed by atoms with Gasteiger partial charge in [0.1, 0.15) is 4.83 Å². The molecule has 1 N–H and O–H groups in total. The lowest BCUT2D eigenvalue weighted by Crippen LogP contribution is -2.37. The van der Waals surface area contributed by atoms with Gasteiger partial charge in [0.15, 0.2) is 10.9 Å². The Kier molecular flexibility index (Phi) is 5.94. The van der Waals surface area contributed by atoms with Crippen molar-refractivity contribution in [1.82, 2.24) is 29.0 Å². The number of hydrogen-bond acceptors (Lipinski definition) is 8. The van der Waals surface area contributed by atoms with Crippen LogP contribution in [0.3, 0.4) is 0 Å². The van der Waals surface area contributed by atoms with Crippen molar-refractivity contribution in [3.8, 4) is 0 Å². The van der Waals surface area contributed by atoms with Crippen LogP contribution in [-0.4, -0.2) is 48.0 Å². The molecule has 4 aromatic rings. The number of carbonyl (C=O) groups excluding carboxylic acids is 1. The predicted octanol–water partition coefficient (Wildman–Crippen LogP) is 4.66. The van der Waals surface area contributed by atoms with Crippen LogP contribution >= 0.6 is 22.9 Å². The summed E-state index contributed by atoms with van der Waals surface area (Å²) in [5.74, 6) is 1.21. The molecule has 0 aliphatic carbocycles. The molecule has 0 saturated carbocycles. The molecular formula is C23H25N7OS2. The molecule has 1 aliphatic heterocycles. The van der Waals surface area contributed by atoms with E-state index >= 15 is 0 Å². The molecule has 0 unspecified atom stereocenters. The second-order valence-corrected chi connectivity index (χ2v) is 9.87.